The normalized spacial score (nSPS) is 10.9. The number of esters is 1. The monoisotopic (exact) mass is 363 g/mol. The van der Waals surface area contributed by atoms with E-state index in [1.807, 2.05) is 38.1 Å². The Kier molecular flexibility index (Phi) is 5.31. The van der Waals surface area contributed by atoms with E-state index >= 15 is 0 Å². The molecule has 0 saturated heterocycles. The molecule has 0 unspecified atom stereocenters. The predicted molar refractivity (Wildman–Crippen MR) is 102 cm³/mol. The van der Waals surface area contributed by atoms with Crippen LogP contribution in [0, 0.1) is 19.7 Å². The van der Waals surface area contributed by atoms with Gasteiger partial charge in [-0.2, -0.15) is 0 Å². The molecule has 3 rings (SSSR count). The average Bonchev–Trinajstić information content (AvgIpc) is 2.66. The van der Waals surface area contributed by atoms with E-state index in [1.165, 1.54) is 30.5 Å². The third kappa shape index (κ3) is 4.39. The number of aromatic hydroxyl groups is 1. The van der Waals surface area contributed by atoms with Crippen LogP contribution in [-0.2, 0) is 0 Å². The lowest BCUT2D eigenvalue weighted by Gasteiger charge is -2.05. The maximum absolute atomic E-state index is 13.6. The minimum Gasteiger partial charge on any atom is -0.507 e. The Labute approximate surface area is 156 Å². The van der Waals surface area contributed by atoms with Gasteiger partial charge >= 0.3 is 5.97 Å². The van der Waals surface area contributed by atoms with Crippen LogP contribution in [0.1, 0.15) is 32.7 Å². The van der Waals surface area contributed by atoms with Crippen LogP contribution in [-0.4, -0.2) is 16.1 Å². The Morgan fingerprint density at radius 2 is 1.70 bits per heavy atom. The van der Waals surface area contributed by atoms with Crippen molar-refractivity contribution in [1.29, 1.82) is 0 Å². The first kappa shape index (κ1) is 18.3. The van der Waals surface area contributed by atoms with Crippen molar-refractivity contribution in [3.05, 3.63) is 88.5 Å². The molecule has 0 saturated carbocycles. The minimum absolute atomic E-state index is 0.0896. The number of carbonyl (C=O) groups excluding carboxylic acids is 1. The minimum atomic E-state index is -0.722. The predicted octanol–water partition coefficient (Wildman–Crippen LogP) is 4.93. The van der Waals surface area contributed by atoms with Gasteiger partial charge in [-0.1, -0.05) is 30.4 Å². The van der Waals surface area contributed by atoms with E-state index < -0.39 is 11.8 Å². The summed E-state index contributed by atoms with van der Waals surface area (Å²) >= 11 is 0. The number of pyridine rings is 1. The number of ether oxygens (including phenoxy) is 1. The SMILES string of the molecule is Cc1cc(C=Cc2ccc(C(=O)Oc3ccccc3F)nc2)cc(C)c1O. The van der Waals surface area contributed by atoms with Gasteiger partial charge < -0.3 is 9.84 Å². The summed E-state index contributed by atoms with van der Waals surface area (Å²) in [5.74, 6) is -1.16. The largest absolute Gasteiger partial charge is 0.507 e. The van der Waals surface area contributed by atoms with Gasteiger partial charge in [-0.05, 0) is 66.4 Å². The number of phenolic OH excluding ortho intramolecular Hbond substituents is 1. The molecule has 0 atom stereocenters. The van der Waals surface area contributed by atoms with Crippen LogP contribution in [0.5, 0.6) is 11.5 Å². The van der Waals surface area contributed by atoms with Crippen molar-refractivity contribution in [3.8, 4) is 11.5 Å². The van der Waals surface area contributed by atoms with E-state index in [-0.39, 0.29) is 11.4 Å². The molecule has 0 aliphatic rings. The molecule has 0 spiro atoms. The first-order valence-corrected chi connectivity index (χ1v) is 8.35. The molecule has 136 valence electrons. The summed E-state index contributed by atoms with van der Waals surface area (Å²) in [6.07, 6.45) is 5.28. The Bertz CT molecular complexity index is 987. The molecule has 2 aromatic carbocycles. The summed E-state index contributed by atoms with van der Waals surface area (Å²) in [7, 11) is 0. The van der Waals surface area contributed by atoms with Crippen LogP contribution in [0.25, 0.3) is 12.2 Å². The molecule has 0 amide bonds. The first-order valence-electron chi connectivity index (χ1n) is 8.35. The molecule has 5 heteroatoms. The van der Waals surface area contributed by atoms with Crippen LogP contribution in [0.15, 0.2) is 54.7 Å². The molecule has 1 heterocycles. The van der Waals surface area contributed by atoms with Crippen molar-refractivity contribution in [2.45, 2.75) is 13.8 Å². The number of aromatic nitrogens is 1. The number of carbonyl (C=O) groups is 1. The van der Waals surface area contributed by atoms with Gasteiger partial charge in [0.1, 0.15) is 11.4 Å². The zero-order chi connectivity index (χ0) is 19.4. The molecule has 1 N–H and O–H groups in total. The molecular formula is C22H18FNO3. The second-order valence-corrected chi connectivity index (χ2v) is 6.13. The van der Waals surface area contributed by atoms with Crippen LogP contribution < -0.4 is 4.74 Å². The van der Waals surface area contributed by atoms with Crippen LogP contribution in [0.3, 0.4) is 0 Å². The van der Waals surface area contributed by atoms with Gasteiger partial charge in [0.25, 0.3) is 0 Å². The van der Waals surface area contributed by atoms with Crippen molar-refractivity contribution >= 4 is 18.1 Å². The number of para-hydroxylation sites is 1. The molecular weight excluding hydrogens is 345 g/mol. The van der Waals surface area contributed by atoms with E-state index in [4.69, 9.17) is 4.74 Å². The van der Waals surface area contributed by atoms with Gasteiger partial charge in [-0.15, -0.1) is 0 Å². The molecule has 0 fully saturated rings. The zero-order valence-corrected chi connectivity index (χ0v) is 14.9. The molecule has 0 aliphatic heterocycles. The third-order valence-electron chi connectivity index (χ3n) is 4.02. The number of rotatable bonds is 4. The maximum atomic E-state index is 13.6. The summed E-state index contributed by atoms with van der Waals surface area (Å²) in [6.45, 7) is 3.69. The summed E-state index contributed by atoms with van der Waals surface area (Å²) < 4.78 is 18.6. The fraction of sp³-hybridized carbons (Fsp3) is 0.0909. The number of hydrogen-bond acceptors (Lipinski definition) is 4. The Morgan fingerprint density at radius 1 is 1.04 bits per heavy atom. The molecule has 3 aromatic rings. The van der Waals surface area contributed by atoms with Crippen molar-refractivity contribution in [2.75, 3.05) is 0 Å². The fourth-order valence-electron chi connectivity index (χ4n) is 2.58. The van der Waals surface area contributed by atoms with Crippen LogP contribution in [0.2, 0.25) is 0 Å². The van der Waals surface area contributed by atoms with Crippen molar-refractivity contribution in [2.24, 2.45) is 0 Å². The fourth-order valence-corrected chi connectivity index (χ4v) is 2.58. The number of aryl methyl sites for hydroxylation is 2. The lowest BCUT2D eigenvalue weighted by atomic mass is 10.0. The van der Waals surface area contributed by atoms with E-state index in [1.54, 1.807) is 12.1 Å². The Hall–Kier alpha value is -3.47. The first-order chi connectivity index (χ1) is 12.9. The van der Waals surface area contributed by atoms with Gasteiger partial charge in [0, 0.05) is 6.20 Å². The number of phenols is 1. The number of nitrogens with zero attached hydrogens (tertiary/aromatic N) is 1. The van der Waals surface area contributed by atoms with E-state index in [0.717, 1.165) is 22.3 Å². The maximum Gasteiger partial charge on any atom is 0.362 e. The highest BCUT2D eigenvalue weighted by molar-refractivity contribution is 5.89. The summed E-state index contributed by atoms with van der Waals surface area (Å²) in [5.41, 5.74) is 3.44. The molecule has 0 radical (unpaired) electrons. The van der Waals surface area contributed by atoms with Crippen LogP contribution >= 0.6 is 0 Å². The highest BCUT2D eigenvalue weighted by Crippen LogP contribution is 2.24. The second kappa shape index (κ2) is 7.83. The lowest BCUT2D eigenvalue weighted by molar-refractivity contribution is 0.0721. The van der Waals surface area contributed by atoms with Crippen LogP contribution in [0.4, 0.5) is 4.39 Å². The third-order valence-corrected chi connectivity index (χ3v) is 4.02. The average molecular weight is 363 g/mol. The Balaban J connectivity index is 1.72. The topological polar surface area (TPSA) is 59.4 Å². The molecule has 0 aliphatic carbocycles. The van der Waals surface area contributed by atoms with Gasteiger partial charge in [0.15, 0.2) is 11.6 Å². The summed E-state index contributed by atoms with van der Waals surface area (Å²) in [6, 6.07) is 12.7. The molecule has 27 heavy (non-hydrogen) atoms. The van der Waals surface area contributed by atoms with Gasteiger partial charge in [-0.3, -0.25) is 0 Å². The molecule has 1 aromatic heterocycles. The van der Waals surface area contributed by atoms with Crippen molar-refractivity contribution < 1.29 is 19.0 Å². The van der Waals surface area contributed by atoms with Crippen molar-refractivity contribution in [1.82, 2.24) is 4.98 Å². The lowest BCUT2D eigenvalue weighted by Crippen LogP contribution is -2.11. The van der Waals surface area contributed by atoms with E-state index in [2.05, 4.69) is 4.98 Å². The van der Waals surface area contributed by atoms with Gasteiger partial charge in [-0.25, -0.2) is 14.2 Å². The van der Waals surface area contributed by atoms with E-state index in [9.17, 15) is 14.3 Å². The number of halogens is 1. The zero-order valence-electron chi connectivity index (χ0n) is 14.9. The molecule has 0 bridgehead atoms. The number of benzene rings is 2. The Morgan fingerprint density at radius 3 is 2.33 bits per heavy atom. The number of hydrogen-bond donors (Lipinski definition) is 1. The standard InChI is InChI=1S/C22H18FNO3/c1-14-11-17(12-15(2)21(14)25)8-7-16-9-10-19(24-13-16)22(26)27-20-6-4-3-5-18(20)23/h3-13,25H,1-2H3. The highest BCUT2D eigenvalue weighted by atomic mass is 19.1. The highest BCUT2D eigenvalue weighted by Gasteiger charge is 2.12. The van der Waals surface area contributed by atoms with Gasteiger partial charge in [0.2, 0.25) is 0 Å². The second-order valence-electron chi connectivity index (χ2n) is 6.13. The van der Waals surface area contributed by atoms with Gasteiger partial charge in [0.05, 0.1) is 0 Å². The smallest absolute Gasteiger partial charge is 0.362 e. The van der Waals surface area contributed by atoms with Crippen molar-refractivity contribution in [3.63, 3.8) is 0 Å². The quantitative estimate of drug-likeness (QED) is 0.527. The molecule has 4 nitrogen and oxygen atoms in total. The summed E-state index contributed by atoms with van der Waals surface area (Å²) in [4.78, 5) is 16.1. The summed E-state index contributed by atoms with van der Waals surface area (Å²) in [5, 5.41) is 9.82. The van der Waals surface area contributed by atoms with E-state index in [0.29, 0.717) is 5.75 Å².